The number of hydrogen-bond acceptors (Lipinski definition) is 9. The molecule has 0 saturated carbocycles. The van der Waals surface area contributed by atoms with Crippen LogP contribution in [0.1, 0.15) is 17.8 Å². The van der Waals surface area contributed by atoms with E-state index in [4.69, 9.17) is 4.74 Å². The van der Waals surface area contributed by atoms with Gasteiger partial charge in [-0.15, -0.1) is 10.2 Å². The predicted octanol–water partition coefficient (Wildman–Crippen LogP) is 2.84. The number of aromatic nitrogens is 5. The summed E-state index contributed by atoms with van der Waals surface area (Å²) in [7, 11) is 0. The molecule has 26 heavy (non-hydrogen) atoms. The Morgan fingerprint density at radius 3 is 3.12 bits per heavy atom. The first-order chi connectivity index (χ1) is 12.7. The molecule has 3 aromatic heterocycles. The number of ether oxygens (including phenoxy) is 1. The second-order valence-corrected chi connectivity index (χ2v) is 8.83. The van der Waals surface area contributed by atoms with Gasteiger partial charge in [0.05, 0.1) is 23.8 Å². The molecule has 136 valence electrons. The third-order valence-electron chi connectivity index (χ3n) is 4.05. The largest absolute Gasteiger partial charge is 0.376 e. The maximum atomic E-state index is 13.0. The van der Waals surface area contributed by atoms with Gasteiger partial charge in [-0.25, -0.2) is 9.97 Å². The summed E-state index contributed by atoms with van der Waals surface area (Å²) in [6.07, 6.45) is 5.70. The monoisotopic (exact) mass is 407 g/mol. The summed E-state index contributed by atoms with van der Waals surface area (Å²) in [4.78, 5) is 21.9. The average molecular weight is 408 g/mol. The Hall–Kier alpha value is -1.49. The van der Waals surface area contributed by atoms with E-state index in [1.807, 2.05) is 6.26 Å². The number of rotatable bonds is 6. The van der Waals surface area contributed by atoms with E-state index in [0.29, 0.717) is 28.5 Å². The van der Waals surface area contributed by atoms with E-state index in [0.717, 1.165) is 28.8 Å². The van der Waals surface area contributed by atoms with Crippen molar-refractivity contribution < 1.29 is 4.74 Å². The summed E-state index contributed by atoms with van der Waals surface area (Å²) in [5, 5.41) is 10.4. The van der Waals surface area contributed by atoms with Crippen LogP contribution in [-0.4, -0.2) is 43.7 Å². The van der Waals surface area contributed by atoms with Gasteiger partial charge in [0.2, 0.25) is 0 Å². The highest BCUT2D eigenvalue weighted by Crippen LogP contribution is 2.27. The molecule has 0 amide bonds. The fourth-order valence-corrected chi connectivity index (χ4v) is 5.10. The van der Waals surface area contributed by atoms with Gasteiger partial charge in [0.15, 0.2) is 15.1 Å². The van der Waals surface area contributed by atoms with E-state index >= 15 is 0 Å². The number of pyridine rings is 1. The van der Waals surface area contributed by atoms with Crippen LogP contribution in [0.25, 0.3) is 11.0 Å². The maximum Gasteiger partial charge on any atom is 0.263 e. The first-order valence-corrected chi connectivity index (χ1v) is 11.2. The van der Waals surface area contributed by atoms with Gasteiger partial charge in [0, 0.05) is 12.8 Å². The first kappa shape index (κ1) is 17.9. The van der Waals surface area contributed by atoms with Crippen LogP contribution in [0.3, 0.4) is 0 Å². The molecule has 1 aliphatic heterocycles. The summed E-state index contributed by atoms with van der Waals surface area (Å²) < 4.78 is 8.38. The number of nitrogens with zero attached hydrogens (tertiary/aromatic N) is 5. The van der Waals surface area contributed by atoms with Crippen molar-refractivity contribution in [3.8, 4) is 0 Å². The minimum atomic E-state index is -0.0665. The summed E-state index contributed by atoms with van der Waals surface area (Å²) >= 11 is 4.63. The Labute approximate surface area is 162 Å². The molecule has 0 spiro atoms. The molecule has 10 heteroatoms. The lowest BCUT2D eigenvalue weighted by atomic mass is 10.2. The highest BCUT2D eigenvalue weighted by Gasteiger charge is 2.20. The van der Waals surface area contributed by atoms with Crippen LogP contribution in [0.5, 0.6) is 0 Å². The molecule has 0 aliphatic carbocycles. The van der Waals surface area contributed by atoms with Crippen LogP contribution in [0.2, 0.25) is 0 Å². The Kier molecular flexibility index (Phi) is 5.53. The second-order valence-electron chi connectivity index (χ2n) is 5.77. The molecular weight excluding hydrogens is 390 g/mol. The Bertz CT molecular complexity index is 968. The van der Waals surface area contributed by atoms with E-state index in [9.17, 15) is 4.79 Å². The van der Waals surface area contributed by atoms with E-state index in [2.05, 4.69) is 20.2 Å². The second kappa shape index (κ2) is 8.03. The predicted molar refractivity (Wildman–Crippen MR) is 104 cm³/mol. The highest BCUT2D eigenvalue weighted by atomic mass is 32.2. The SMILES string of the molecule is CSc1nnc(CSc2nc3ncccc3c(=O)n2CC2CCCO2)s1. The van der Waals surface area contributed by atoms with E-state index in [1.54, 1.807) is 46.0 Å². The van der Waals surface area contributed by atoms with Gasteiger partial charge >= 0.3 is 0 Å². The Morgan fingerprint density at radius 1 is 1.42 bits per heavy atom. The van der Waals surface area contributed by atoms with E-state index < -0.39 is 0 Å². The van der Waals surface area contributed by atoms with Crippen molar-refractivity contribution in [2.45, 2.75) is 40.7 Å². The fraction of sp³-hybridized carbons (Fsp3) is 0.438. The minimum absolute atomic E-state index is 0.0626. The van der Waals surface area contributed by atoms with Gasteiger partial charge in [0.1, 0.15) is 5.01 Å². The van der Waals surface area contributed by atoms with Crippen molar-refractivity contribution in [1.29, 1.82) is 0 Å². The normalized spacial score (nSPS) is 17.2. The van der Waals surface area contributed by atoms with E-state index in [1.165, 1.54) is 11.8 Å². The molecular formula is C16H17N5O2S3. The van der Waals surface area contributed by atoms with Gasteiger partial charge < -0.3 is 4.74 Å². The van der Waals surface area contributed by atoms with E-state index in [-0.39, 0.29) is 11.7 Å². The van der Waals surface area contributed by atoms with Crippen molar-refractivity contribution in [2.24, 2.45) is 0 Å². The number of thioether (sulfide) groups is 2. The Balaban J connectivity index is 1.67. The zero-order valence-electron chi connectivity index (χ0n) is 14.1. The van der Waals surface area contributed by atoms with Gasteiger partial charge in [-0.1, -0.05) is 34.9 Å². The van der Waals surface area contributed by atoms with Crippen LogP contribution in [-0.2, 0) is 17.0 Å². The molecule has 0 bridgehead atoms. The smallest absolute Gasteiger partial charge is 0.263 e. The maximum absolute atomic E-state index is 13.0. The van der Waals surface area contributed by atoms with Gasteiger partial charge in [-0.2, -0.15) is 0 Å². The molecule has 7 nitrogen and oxygen atoms in total. The zero-order valence-corrected chi connectivity index (χ0v) is 16.6. The standard InChI is InChI=1S/C16H17N5O2S3/c1-24-16-20-19-12(26-16)9-25-15-18-13-11(5-2-6-17-13)14(22)21(15)8-10-4-3-7-23-10/h2,5-6,10H,3-4,7-9H2,1H3. The van der Waals surface area contributed by atoms with Crippen molar-refractivity contribution >= 4 is 45.9 Å². The topological polar surface area (TPSA) is 82.8 Å². The summed E-state index contributed by atoms with van der Waals surface area (Å²) in [6, 6.07) is 3.54. The van der Waals surface area contributed by atoms with Crippen molar-refractivity contribution in [3.63, 3.8) is 0 Å². The van der Waals surface area contributed by atoms with Gasteiger partial charge in [-0.05, 0) is 31.2 Å². The molecule has 3 aromatic rings. The van der Waals surface area contributed by atoms with Crippen LogP contribution in [0, 0.1) is 0 Å². The molecule has 1 fully saturated rings. The molecule has 1 saturated heterocycles. The van der Waals surface area contributed by atoms with Crippen LogP contribution < -0.4 is 5.56 Å². The first-order valence-electron chi connectivity index (χ1n) is 8.21. The molecule has 4 heterocycles. The van der Waals surface area contributed by atoms with Crippen LogP contribution >= 0.6 is 34.9 Å². The summed E-state index contributed by atoms with van der Waals surface area (Å²) in [5.74, 6) is 0.620. The molecule has 0 radical (unpaired) electrons. The van der Waals surface area contributed by atoms with Gasteiger partial charge in [-0.3, -0.25) is 9.36 Å². The molecule has 0 N–H and O–H groups in total. The third kappa shape index (κ3) is 3.78. The van der Waals surface area contributed by atoms with Crippen molar-refractivity contribution in [1.82, 2.24) is 24.7 Å². The lowest BCUT2D eigenvalue weighted by Crippen LogP contribution is -2.29. The summed E-state index contributed by atoms with van der Waals surface area (Å²) in [5.41, 5.74) is 0.411. The molecule has 1 aliphatic rings. The zero-order chi connectivity index (χ0) is 17.9. The molecule has 1 atom stereocenters. The van der Waals surface area contributed by atoms with Crippen molar-refractivity contribution in [2.75, 3.05) is 12.9 Å². The number of fused-ring (bicyclic) bond motifs is 1. The van der Waals surface area contributed by atoms with Crippen LogP contribution in [0.4, 0.5) is 0 Å². The Morgan fingerprint density at radius 2 is 2.35 bits per heavy atom. The molecule has 4 rings (SSSR count). The lowest BCUT2D eigenvalue weighted by Gasteiger charge is -2.15. The average Bonchev–Trinajstić information content (AvgIpc) is 3.34. The van der Waals surface area contributed by atoms with Crippen molar-refractivity contribution in [3.05, 3.63) is 33.7 Å². The number of hydrogen-bond donors (Lipinski definition) is 0. The summed E-state index contributed by atoms with van der Waals surface area (Å²) in [6.45, 7) is 1.28. The highest BCUT2D eigenvalue weighted by molar-refractivity contribution is 8.00. The van der Waals surface area contributed by atoms with Gasteiger partial charge in [0.25, 0.3) is 5.56 Å². The molecule has 0 aromatic carbocycles. The minimum Gasteiger partial charge on any atom is -0.376 e. The quantitative estimate of drug-likeness (QED) is 0.456. The third-order valence-corrected chi connectivity index (χ3v) is 7.12. The van der Waals surface area contributed by atoms with Crippen LogP contribution in [0.15, 0.2) is 32.6 Å². The lowest BCUT2D eigenvalue weighted by molar-refractivity contribution is 0.0937. The molecule has 1 unspecified atom stereocenters. The fourth-order valence-electron chi connectivity index (χ4n) is 2.80.